The van der Waals surface area contributed by atoms with E-state index in [0.29, 0.717) is 11.5 Å². The minimum atomic E-state index is -0.841. The Morgan fingerprint density at radius 3 is 2.54 bits per heavy atom. The molecule has 0 amide bonds. The summed E-state index contributed by atoms with van der Waals surface area (Å²) in [6.45, 7) is 8.38. The van der Waals surface area contributed by atoms with Crippen LogP contribution in [0.5, 0.6) is 11.5 Å². The first-order valence-electron chi connectivity index (χ1n) is 8.35. The van der Waals surface area contributed by atoms with Crippen LogP contribution in [0.15, 0.2) is 18.2 Å². The predicted octanol–water partition coefficient (Wildman–Crippen LogP) is 2.24. The van der Waals surface area contributed by atoms with Crippen molar-refractivity contribution in [3.05, 3.63) is 23.8 Å². The highest BCUT2D eigenvalue weighted by molar-refractivity contribution is 5.76. The number of hydrogen-bond acceptors (Lipinski definition) is 5. The molecule has 1 aromatic carbocycles. The molecule has 2 rings (SSSR count). The lowest BCUT2D eigenvalue weighted by atomic mass is 10.0. The number of carbonyl (C=O) groups is 1. The number of ether oxygens (including phenoxy) is 2. The highest BCUT2D eigenvalue weighted by Crippen LogP contribution is 2.34. The molecule has 0 aromatic heterocycles. The number of piperazine rings is 1. The first-order chi connectivity index (χ1) is 11.3. The Bertz CT molecular complexity index is 576. The van der Waals surface area contributed by atoms with Gasteiger partial charge in [-0.1, -0.05) is 6.07 Å². The zero-order valence-electron chi connectivity index (χ0n) is 15.2. The van der Waals surface area contributed by atoms with Crippen molar-refractivity contribution in [3.8, 4) is 11.5 Å². The van der Waals surface area contributed by atoms with Crippen LogP contribution in [-0.4, -0.2) is 66.8 Å². The van der Waals surface area contributed by atoms with Gasteiger partial charge in [-0.2, -0.15) is 0 Å². The van der Waals surface area contributed by atoms with Gasteiger partial charge in [-0.25, -0.2) is 0 Å². The molecule has 1 N–H and O–H groups in total. The molecule has 6 heteroatoms. The maximum atomic E-state index is 12.0. The van der Waals surface area contributed by atoms with Gasteiger partial charge in [0, 0.05) is 25.7 Å². The van der Waals surface area contributed by atoms with E-state index >= 15 is 0 Å². The Kier molecular flexibility index (Phi) is 6.07. The molecule has 0 radical (unpaired) electrons. The van der Waals surface area contributed by atoms with Gasteiger partial charge in [-0.15, -0.1) is 0 Å². The number of aliphatic carboxylic acids is 1. The minimum Gasteiger partial charge on any atom is -0.493 e. The standard InChI is InChI=1S/C18H28N2O4/c1-12(2)24-16-10-14(6-7-15(16)23-5)17(18(21)22)20-9-8-19(4)11-13(20)3/h6-7,10,12-13,17H,8-9,11H2,1-5H3,(H,21,22). The Hall–Kier alpha value is -1.79. The zero-order chi connectivity index (χ0) is 17.9. The fraction of sp³-hybridized carbons (Fsp3) is 0.611. The van der Waals surface area contributed by atoms with E-state index in [4.69, 9.17) is 9.47 Å². The summed E-state index contributed by atoms with van der Waals surface area (Å²) in [5.74, 6) is 0.355. The van der Waals surface area contributed by atoms with Gasteiger partial charge in [-0.05, 0) is 45.5 Å². The van der Waals surface area contributed by atoms with Crippen LogP contribution in [0.4, 0.5) is 0 Å². The number of likely N-dealkylation sites (N-methyl/N-ethyl adjacent to an activating group) is 1. The smallest absolute Gasteiger partial charge is 0.325 e. The Morgan fingerprint density at radius 2 is 2.00 bits per heavy atom. The molecule has 1 fully saturated rings. The molecule has 6 nitrogen and oxygen atoms in total. The molecule has 0 saturated carbocycles. The highest BCUT2D eigenvalue weighted by Gasteiger charge is 2.34. The normalized spacial score (nSPS) is 20.8. The third-order valence-corrected chi connectivity index (χ3v) is 4.31. The van der Waals surface area contributed by atoms with Gasteiger partial charge in [0.2, 0.25) is 0 Å². The number of carboxylic acid groups (broad SMARTS) is 1. The topological polar surface area (TPSA) is 62.2 Å². The van der Waals surface area contributed by atoms with Gasteiger partial charge in [0.15, 0.2) is 11.5 Å². The summed E-state index contributed by atoms with van der Waals surface area (Å²) >= 11 is 0. The van der Waals surface area contributed by atoms with E-state index < -0.39 is 12.0 Å². The van der Waals surface area contributed by atoms with Crippen LogP contribution in [-0.2, 0) is 4.79 Å². The van der Waals surface area contributed by atoms with Crippen LogP contribution < -0.4 is 9.47 Å². The third kappa shape index (κ3) is 4.19. The molecule has 2 atom stereocenters. The van der Waals surface area contributed by atoms with Gasteiger partial charge >= 0.3 is 5.97 Å². The van der Waals surface area contributed by atoms with Gasteiger partial charge in [0.25, 0.3) is 0 Å². The van der Waals surface area contributed by atoms with Crippen LogP contribution in [0.25, 0.3) is 0 Å². The SMILES string of the molecule is COc1ccc(C(C(=O)O)N2CCN(C)CC2C)cc1OC(C)C. The summed E-state index contributed by atoms with van der Waals surface area (Å²) in [4.78, 5) is 16.3. The van der Waals surface area contributed by atoms with E-state index in [1.165, 1.54) is 0 Å². The lowest BCUT2D eigenvalue weighted by Gasteiger charge is -2.41. The fourth-order valence-electron chi connectivity index (χ4n) is 3.22. The summed E-state index contributed by atoms with van der Waals surface area (Å²) in [5.41, 5.74) is 0.718. The van der Waals surface area contributed by atoms with E-state index in [1.54, 1.807) is 19.2 Å². The van der Waals surface area contributed by atoms with Crippen molar-refractivity contribution in [2.75, 3.05) is 33.8 Å². The predicted molar refractivity (Wildman–Crippen MR) is 92.8 cm³/mol. The van der Waals surface area contributed by atoms with Crippen molar-refractivity contribution in [2.45, 2.75) is 39.0 Å². The van der Waals surface area contributed by atoms with Gasteiger partial charge < -0.3 is 19.5 Å². The van der Waals surface area contributed by atoms with Gasteiger partial charge in [-0.3, -0.25) is 9.69 Å². The molecule has 134 valence electrons. The molecule has 1 saturated heterocycles. The second kappa shape index (κ2) is 7.85. The molecule has 1 heterocycles. The average Bonchev–Trinajstić information content (AvgIpc) is 2.49. The second-order valence-corrected chi connectivity index (χ2v) is 6.67. The molecule has 0 aliphatic carbocycles. The van der Waals surface area contributed by atoms with E-state index in [0.717, 1.165) is 25.2 Å². The lowest BCUT2D eigenvalue weighted by molar-refractivity contribution is -0.145. The Labute approximate surface area is 144 Å². The minimum absolute atomic E-state index is 0.0139. The molecular formula is C18H28N2O4. The maximum absolute atomic E-state index is 12.0. The van der Waals surface area contributed by atoms with Crippen LogP contribution in [0, 0.1) is 0 Å². The summed E-state index contributed by atoms with van der Waals surface area (Å²) < 4.78 is 11.1. The number of benzene rings is 1. The highest BCUT2D eigenvalue weighted by atomic mass is 16.5. The van der Waals surface area contributed by atoms with E-state index in [9.17, 15) is 9.90 Å². The van der Waals surface area contributed by atoms with E-state index in [2.05, 4.69) is 18.9 Å². The summed E-state index contributed by atoms with van der Waals surface area (Å²) in [6.07, 6.45) is -0.0139. The third-order valence-electron chi connectivity index (χ3n) is 4.31. The summed E-state index contributed by atoms with van der Waals surface area (Å²) in [5, 5.41) is 9.83. The van der Waals surface area contributed by atoms with Gasteiger partial charge in [0.05, 0.1) is 13.2 Å². The zero-order valence-corrected chi connectivity index (χ0v) is 15.2. The number of nitrogens with zero attached hydrogens (tertiary/aromatic N) is 2. The molecule has 1 aromatic rings. The van der Waals surface area contributed by atoms with Crippen LogP contribution >= 0.6 is 0 Å². The number of rotatable bonds is 6. The lowest BCUT2D eigenvalue weighted by Crippen LogP contribution is -2.53. The van der Waals surface area contributed by atoms with Crippen molar-refractivity contribution >= 4 is 5.97 Å². The maximum Gasteiger partial charge on any atom is 0.325 e. The Morgan fingerprint density at radius 1 is 1.29 bits per heavy atom. The first-order valence-corrected chi connectivity index (χ1v) is 8.35. The number of hydrogen-bond donors (Lipinski definition) is 1. The number of methoxy groups -OCH3 is 1. The van der Waals surface area contributed by atoms with Crippen LogP contribution in [0.1, 0.15) is 32.4 Å². The molecule has 0 bridgehead atoms. The monoisotopic (exact) mass is 336 g/mol. The van der Waals surface area contributed by atoms with E-state index in [-0.39, 0.29) is 12.1 Å². The summed E-state index contributed by atoms with van der Waals surface area (Å²) in [7, 11) is 3.64. The largest absolute Gasteiger partial charge is 0.493 e. The molecule has 1 aliphatic rings. The van der Waals surface area contributed by atoms with Crippen LogP contribution in [0.2, 0.25) is 0 Å². The average molecular weight is 336 g/mol. The van der Waals surface area contributed by atoms with Crippen molar-refractivity contribution in [1.82, 2.24) is 9.80 Å². The Balaban J connectivity index is 2.35. The van der Waals surface area contributed by atoms with Crippen molar-refractivity contribution in [2.24, 2.45) is 0 Å². The quantitative estimate of drug-likeness (QED) is 0.860. The molecular weight excluding hydrogens is 308 g/mol. The van der Waals surface area contributed by atoms with Crippen molar-refractivity contribution in [3.63, 3.8) is 0 Å². The van der Waals surface area contributed by atoms with Crippen LogP contribution in [0.3, 0.4) is 0 Å². The second-order valence-electron chi connectivity index (χ2n) is 6.67. The van der Waals surface area contributed by atoms with Gasteiger partial charge in [0.1, 0.15) is 6.04 Å². The first kappa shape index (κ1) is 18.5. The molecule has 24 heavy (non-hydrogen) atoms. The number of carboxylic acids is 1. The van der Waals surface area contributed by atoms with Crippen molar-refractivity contribution in [1.29, 1.82) is 0 Å². The van der Waals surface area contributed by atoms with E-state index in [1.807, 2.05) is 24.8 Å². The molecule has 2 unspecified atom stereocenters. The molecule has 0 spiro atoms. The van der Waals surface area contributed by atoms with Crippen molar-refractivity contribution < 1.29 is 19.4 Å². The molecule has 1 aliphatic heterocycles. The summed E-state index contributed by atoms with van der Waals surface area (Å²) in [6, 6.07) is 4.87. The fourth-order valence-corrected chi connectivity index (χ4v) is 3.22.